The number of hydrogen-bond acceptors (Lipinski definition) is 4. The molecule has 0 radical (unpaired) electrons. The van der Waals surface area contributed by atoms with Crippen LogP contribution >= 0.6 is 11.6 Å². The number of halogens is 1. The van der Waals surface area contributed by atoms with Gasteiger partial charge in [-0.3, -0.25) is 13.9 Å². The van der Waals surface area contributed by atoms with Gasteiger partial charge in [-0.1, -0.05) is 41.9 Å². The zero-order valence-corrected chi connectivity index (χ0v) is 20.4. The van der Waals surface area contributed by atoms with Crippen LogP contribution in [0.15, 0.2) is 48.5 Å². The van der Waals surface area contributed by atoms with Crippen molar-refractivity contribution in [2.24, 2.45) is 0 Å². The summed E-state index contributed by atoms with van der Waals surface area (Å²) in [5.41, 5.74) is 2.23. The van der Waals surface area contributed by atoms with Crippen LogP contribution in [0.5, 0.6) is 0 Å². The molecular weight excluding hydrogens is 450 g/mol. The number of nitrogens with one attached hydrogen (secondary N) is 1. The molecule has 0 saturated carbocycles. The molecule has 0 aromatic heterocycles. The number of sulfonamides is 1. The minimum Gasteiger partial charge on any atom is -0.357 e. The highest BCUT2D eigenvalue weighted by Gasteiger charge is 2.26. The molecule has 7 nitrogen and oxygen atoms in total. The van der Waals surface area contributed by atoms with Gasteiger partial charge in [-0.25, -0.2) is 8.42 Å². The highest BCUT2D eigenvalue weighted by molar-refractivity contribution is 7.92. The van der Waals surface area contributed by atoms with Crippen LogP contribution in [0.4, 0.5) is 5.69 Å². The molecule has 2 aromatic rings. The van der Waals surface area contributed by atoms with E-state index in [4.69, 9.17) is 11.6 Å². The van der Waals surface area contributed by atoms with Crippen molar-refractivity contribution < 1.29 is 18.0 Å². The van der Waals surface area contributed by atoms with Crippen LogP contribution in [-0.4, -0.2) is 51.0 Å². The molecule has 0 heterocycles. The molecule has 0 aliphatic rings. The van der Waals surface area contributed by atoms with Gasteiger partial charge in [0.25, 0.3) is 0 Å². The Hall–Kier alpha value is -2.58. The Bertz CT molecular complexity index is 1060. The van der Waals surface area contributed by atoms with Gasteiger partial charge in [0, 0.05) is 31.6 Å². The van der Waals surface area contributed by atoms with Gasteiger partial charge in [0.05, 0.1) is 11.9 Å². The second-order valence-corrected chi connectivity index (χ2v) is 10.0. The quantitative estimate of drug-likeness (QED) is 0.566. The maximum absolute atomic E-state index is 13.1. The standard InChI is InChI=1S/C23H30ClN3O4S/c1-17-9-5-6-12-21(17)27(32(4,30)31)14-8-13-22(28)26(18(2)23(29)25-3)16-19-10-7-11-20(24)15-19/h5-7,9-12,15,18H,8,13-14,16H2,1-4H3,(H,25,29)/t18-/m1/s1. The van der Waals surface area contributed by atoms with E-state index in [0.29, 0.717) is 17.1 Å². The molecular formula is C23H30ClN3O4S. The van der Waals surface area contributed by atoms with Crippen molar-refractivity contribution in [1.29, 1.82) is 0 Å². The third kappa shape index (κ3) is 6.97. The van der Waals surface area contributed by atoms with Gasteiger partial charge in [-0.2, -0.15) is 0 Å². The first-order valence-corrected chi connectivity index (χ1v) is 12.6. The number of benzene rings is 2. The fraction of sp³-hybridized carbons (Fsp3) is 0.391. The van der Waals surface area contributed by atoms with Crippen molar-refractivity contribution in [2.75, 3.05) is 24.2 Å². The van der Waals surface area contributed by atoms with Crippen LogP contribution in [0.2, 0.25) is 5.02 Å². The fourth-order valence-corrected chi connectivity index (χ4v) is 4.68. The second-order valence-electron chi connectivity index (χ2n) is 7.67. The summed E-state index contributed by atoms with van der Waals surface area (Å²) in [4.78, 5) is 26.8. The molecule has 32 heavy (non-hydrogen) atoms. The number of amides is 2. The Morgan fingerprint density at radius 1 is 1.12 bits per heavy atom. The zero-order chi connectivity index (χ0) is 23.9. The molecule has 0 spiro atoms. The van der Waals surface area contributed by atoms with E-state index in [1.54, 1.807) is 37.3 Å². The average molecular weight is 480 g/mol. The molecule has 0 bridgehead atoms. The SMILES string of the molecule is CNC(=O)[C@@H](C)N(Cc1cccc(Cl)c1)C(=O)CCCN(c1ccccc1C)S(C)(=O)=O. The summed E-state index contributed by atoms with van der Waals surface area (Å²) >= 11 is 6.06. The predicted molar refractivity (Wildman–Crippen MR) is 128 cm³/mol. The van der Waals surface area contributed by atoms with E-state index in [0.717, 1.165) is 17.4 Å². The number of carbonyl (C=O) groups is 2. The maximum Gasteiger partial charge on any atom is 0.242 e. The van der Waals surface area contributed by atoms with Crippen LogP contribution < -0.4 is 9.62 Å². The lowest BCUT2D eigenvalue weighted by Gasteiger charge is -2.29. The number of para-hydroxylation sites is 1. The first-order chi connectivity index (χ1) is 15.0. The molecule has 0 saturated heterocycles. The molecule has 174 valence electrons. The predicted octanol–water partition coefficient (Wildman–Crippen LogP) is 3.36. The molecule has 2 amide bonds. The van der Waals surface area contributed by atoms with Crippen molar-refractivity contribution in [3.8, 4) is 0 Å². The van der Waals surface area contributed by atoms with Gasteiger partial charge < -0.3 is 10.2 Å². The topological polar surface area (TPSA) is 86.8 Å². The van der Waals surface area contributed by atoms with E-state index < -0.39 is 16.1 Å². The van der Waals surface area contributed by atoms with Crippen LogP contribution in [0.1, 0.15) is 30.9 Å². The number of anilines is 1. The van der Waals surface area contributed by atoms with Gasteiger partial charge in [-0.05, 0) is 49.6 Å². The second kappa shape index (κ2) is 11.3. The molecule has 1 atom stereocenters. The Kier molecular flexibility index (Phi) is 9.09. The van der Waals surface area contributed by atoms with Gasteiger partial charge in [-0.15, -0.1) is 0 Å². The Morgan fingerprint density at radius 2 is 1.81 bits per heavy atom. The molecule has 0 aliphatic carbocycles. The first-order valence-electron chi connectivity index (χ1n) is 10.3. The molecule has 0 aliphatic heterocycles. The van der Waals surface area contributed by atoms with Gasteiger partial charge in [0.1, 0.15) is 6.04 Å². The molecule has 0 fully saturated rings. The van der Waals surface area contributed by atoms with E-state index in [2.05, 4.69) is 5.32 Å². The number of likely N-dealkylation sites (N-methyl/N-ethyl adjacent to an activating group) is 1. The summed E-state index contributed by atoms with van der Waals surface area (Å²) in [6, 6.07) is 13.7. The number of nitrogens with zero attached hydrogens (tertiary/aromatic N) is 2. The van der Waals surface area contributed by atoms with Crippen molar-refractivity contribution in [3.05, 3.63) is 64.7 Å². The van der Waals surface area contributed by atoms with Crippen molar-refractivity contribution in [1.82, 2.24) is 10.2 Å². The smallest absolute Gasteiger partial charge is 0.242 e. The third-order valence-electron chi connectivity index (χ3n) is 5.19. The van der Waals surface area contributed by atoms with Crippen LogP contribution in [0, 0.1) is 6.92 Å². The summed E-state index contributed by atoms with van der Waals surface area (Å²) in [5, 5.41) is 3.12. The Labute approximate surface area is 195 Å². The number of aryl methyl sites for hydroxylation is 1. The van der Waals surface area contributed by atoms with Crippen LogP contribution in [0.25, 0.3) is 0 Å². The summed E-state index contributed by atoms with van der Waals surface area (Å²) in [7, 11) is -2.00. The molecule has 9 heteroatoms. The first kappa shape index (κ1) is 25.7. The minimum absolute atomic E-state index is 0.0970. The van der Waals surface area contributed by atoms with Crippen LogP contribution in [-0.2, 0) is 26.2 Å². The minimum atomic E-state index is -3.52. The monoisotopic (exact) mass is 479 g/mol. The lowest BCUT2D eigenvalue weighted by molar-refractivity contribution is -0.140. The Morgan fingerprint density at radius 3 is 2.41 bits per heavy atom. The van der Waals surface area contributed by atoms with Gasteiger partial charge in [0.2, 0.25) is 21.8 Å². The molecule has 1 N–H and O–H groups in total. The van der Waals surface area contributed by atoms with E-state index in [1.165, 1.54) is 16.3 Å². The fourth-order valence-electron chi connectivity index (χ4n) is 3.45. The largest absolute Gasteiger partial charge is 0.357 e. The molecule has 0 unspecified atom stereocenters. The van der Waals surface area contributed by atoms with Crippen molar-refractivity contribution >= 4 is 39.1 Å². The van der Waals surface area contributed by atoms with Crippen LogP contribution in [0.3, 0.4) is 0 Å². The highest BCUT2D eigenvalue weighted by Crippen LogP contribution is 2.23. The maximum atomic E-state index is 13.1. The zero-order valence-electron chi connectivity index (χ0n) is 18.8. The summed E-state index contributed by atoms with van der Waals surface area (Å²) in [6.45, 7) is 3.89. The summed E-state index contributed by atoms with van der Waals surface area (Å²) < 4.78 is 26.1. The molecule has 2 rings (SSSR count). The van der Waals surface area contributed by atoms with Crippen molar-refractivity contribution in [2.45, 2.75) is 39.3 Å². The van der Waals surface area contributed by atoms with E-state index in [1.807, 2.05) is 25.1 Å². The van der Waals surface area contributed by atoms with E-state index >= 15 is 0 Å². The summed E-state index contributed by atoms with van der Waals surface area (Å²) in [5.74, 6) is -0.516. The third-order valence-corrected chi connectivity index (χ3v) is 6.61. The lowest BCUT2D eigenvalue weighted by Crippen LogP contribution is -2.46. The average Bonchev–Trinajstić information content (AvgIpc) is 2.74. The lowest BCUT2D eigenvalue weighted by atomic mass is 10.1. The Balaban J connectivity index is 2.15. The summed E-state index contributed by atoms with van der Waals surface area (Å²) in [6.07, 6.45) is 1.56. The van der Waals surface area contributed by atoms with E-state index in [9.17, 15) is 18.0 Å². The number of hydrogen-bond donors (Lipinski definition) is 1. The van der Waals surface area contributed by atoms with Crippen molar-refractivity contribution in [3.63, 3.8) is 0 Å². The van der Waals surface area contributed by atoms with Gasteiger partial charge >= 0.3 is 0 Å². The molecule has 2 aromatic carbocycles. The van der Waals surface area contributed by atoms with E-state index in [-0.39, 0.29) is 31.3 Å². The number of carbonyl (C=O) groups excluding carboxylic acids is 2. The van der Waals surface area contributed by atoms with Gasteiger partial charge in [0.15, 0.2) is 0 Å². The normalized spacial score (nSPS) is 12.2. The highest BCUT2D eigenvalue weighted by atomic mass is 35.5. The number of rotatable bonds is 10.